The Bertz CT molecular complexity index is 317. The van der Waals surface area contributed by atoms with Crippen LogP contribution in [0.2, 0.25) is 0 Å². The van der Waals surface area contributed by atoms with E-state index in [0.29, 0.717) is 6.04 Å². The van der Waals surface area contributed by atoms with Crippen molar-refractivity contribution in [1.82, 2.24) is 5.32 Å². The van der Waals surface area contributed by atoms with Crippen LogP contribution in [-0.4, -0.2) is 6.54 Å². The zero-order chi connectivity index (χ0) is 11.4. The molecular formula is C13H20BrNS. The summed E-state index contributed by atoms with van der Waals surface area (Å²) in [5, 5.41) is 5.93. The van der Waals surface area contributed by atoms with Crippen molar-refractivity contribution in [2.45, 2.75) is 45.1 Å². The summed E-state index contributed by atoms with van der Waals surface area (Å²) in [6.45, 7) is 3.37. The Morgan fingerprint density at radius 1 is 1.50 bits per heavy atom. The van der Waals surface area contributed by atoms with Crippen LogP contribution in [0, 0.1) is 5.92 Å². The minimum absolute atomic E-state index is 0.596. The van der Waals surface area contributed by atoms with E-state index in [-0.39, 0.29) is 0 Å². The fourth-order valence-electron chi connectivity index (χ4n) is 2.58. The van der Waals surface area contributed by atoms with Gasteiger partial charge in [0.1, 0.15) is 0 Å². The normalized spacial score (nSPS) is 19.1. The fourth-order valence-corrected chi connectivity index (χ4v) is 4.19. The van der Waals surface area contributed by atoms with Crippen molar-refractivity contribution in [2.75, 3.05) is 6.54 Å². The summed E-state index contributed by atoms with van der Waals surface area (Å²) in [6, 6.07) is 2.88. The van der Waals surface area contributed by atoms with Gasteiger partial charge < -0.3 is 5.32 Å². The van der Waals surface area contributed by atoms with Gasteiger partial charge in [0.2, 0.25) is 0 Å². The summed E-state index contributed by atoms with van der Waals surface area (Å²) in [4.78, 5) is 1.51. The van der Waals surface area contributed by atoms with Gasteiger partial charge in [0, 0.05) is 20.8 Å². The molecule has 1 unspecified atom stereocenters. The quantitative estimate of drug-likeness (QED) is 0.828. The topological polar surface area (TPSA) is 12.0 Å². The van der Waals surface area contributed by atoms with Crippen LogP contribution < -0.4 is 5.32 Å². The third-order valence-corrected chi connectivity index (χ3v) is 5.16. The molecule has 3 heteroatoms. The molecule has 0 radical (unpaired) electrons. The van der Waals surface area contributed by atoms with Crippen LogP contribution >= 0.6 is 27.3 Å². The molecule has 1 aliphatic carbocycles. The molecule has 90 valence electrons. The zero-order valence-corrected chi connectivity index (χ0v) is 12.2. The molecule has 1 aromatic rings. The molecule has 1 saturated carbocycles. The molecule has 0 aliphatic heterocycles. The minimum atomic E-state index is 0.596. The van der Waals surface area contributed by atoms with E-state index in [1.807, 2.05) is 11.3 Å². The van der Waals surface area contributed by atoms with Crippen LogP contribution in [-0.2, 0) is 0 Å². The first-order chi connectivity index (χ1) is 7.81. The number of nitrogens with one attached hydrogen (secondary N) is 1. The maximum atomic E-state index is 3.73. The second-order valence-electron chi connectivity index (χ2n) is 4.64. The molecule has 1 nitrogen and oxygen atoms in total. The first-order valence-corrected chi connectivity index (χ1v) is 7.96. The molecule has 0 bridgehead atoms. The predicted octanol–water partition coefficient (Wildman–Crippen LogP) is 4.74. The summed E-state index contributed by atoms with van der Waals surface area (Å²) >= 11 is 5.45. The van der Waals surface area contributed by atoms with E-state index in [4.69, 9.17) is 0 Å². The lowest BCUT2D eigenvalue weighted by Crippen LogP contribution is -2.27. The largest absolute Gasteiger partial charge is 0.309 e. The molecule has 0 amide bonds. The van der Waals surface area contributed by atoms with E-state index in [2.05, 4.69) is 39.6 Å². The number of rotatable bonds is 5. The lowest BCUT2D eigenvalue weighted by molar-refractivity contribution is 0.373. The third-order valence-electron chi connectivity index (χ3n) is 3.38. The molecule has 0 spiro atoms. The summed E-state index contributed by atoms with van der Waals surface area (Å²) in [5.74, 6) is 0.858. The van der Waals surface area contributed by atoms with Gasteiger partial charge in [-0.05, 0) is 53.7 Å². The van der Waals surface area contributed by atoms with Crippen LogP contribution in [0.5, 0.6) is 0 Å². The summed E-state index contributed by atoms with van der Waals surface area (Å²) in [6.07, 6.45) is 6.85. The van der Waals surface area contributed by atoms with E-state index < -0.39 is 0 Å². The van der Waals surface area contributed by atoms with Crippen LogP contribution in [0.15, 0.2) is 15.9 Å². The number of halogens is 1. The molecule has 0 saturated heterocycles. The second kappa shape index (κ2) is 6.18. The SMILES string of the molecule is CCCNC(c1cc(Br)cs1)C1CCCC1. The number of hydrogen-bond donors (Lipinski definition) is 1. The Kier molecular flexibility index (Phi) is 4.86. The van der Waals surface area contributed by atoms with Crippen LogP contribution in [0.3, 0.4) is 0 Å². The average molecular weight is 302 g/mol. The van der Waals surface area contributed by atoms with Gasteiger partial charge >= 0.3 is 0 Å². The van der Waals surface area contributed by atoms with Crippen LogP contribution in [0.1, 0.15) is 49.9 Å². The molecule has 0 aromatic carbocycles. The Labute approximate surface area is 111 Å². The van der Waals surface area contributed by atoms with E-state index >= 15 is 0 Å². The highest BCUT2D eigenvalue weighted by atomic mass is 79.9. The molecule has 1 atom stereocenters. The van der Waals surface area contributed by atoms with Crippen molar-refractivity contribution in [3.63, 3.8) is 0 Å². The van der Waals surface area contributed by atoms with E-state index in [9.17, 15) is 0 Å². The van der Waals surface area contributed by atoms with Crippen molar-refractivity contribution < 1.29 is 0 Å². The maximum Gasteiger partial charge on any atom is 0.0443 e. The minimum Gasteiger partial charge on any atom is -0.309 e. The first-order valence-electron chi connectivity index (χ1n) is 6.28. The van der Waals surface area contributed by atoms with Crippen molar-refractivity contribution in [1.29, 1.82) is 0 Å². The molecule has 1 N–H and O–H groups in total. The Morgan fingerprint density at radius 3 is 2.81 bits per heavy atom. The molecule has 1 heterocycles. The molecule has 1 aliphatic rings. The van der Waals surface area contributed by atoms with Gasteiger partial charge in [-0.25, -0.2) is 0 Å². The predicted molar refractivity (Wildman–Crippen MR) is 75.0 cm³/mol. The summed E-state index contributed by atoms with van der Waals surface area (Å²) < 4.78 is 1.23. The summed E-state index contributed by atoms with van der Waals surface area (Å²) in [7, 11) is 0. The Hall–Kier alpha value is 0.140. The van der Waals surface area contributed by atoms with Crippen molar-refractivity contribution in [2.24, 2.45) is 5.92 Å². The number of thiophene rings is 1. The van der Waals surface area contributed by atoms with Gasteiger partial charge in [-0.15, -0.1) is 11.3 Å². The Morgan fingerprint density at radius 2 is 2.25 bits per heavy atom. The van der Waals surface area contributed by atoms with E-state index in [1.54, 1.807) is 0 Å². The average Bonchev–Trinajstić information content (AvgIpc) is 2.91. The summed E-state index contributed by atoms with van der Waals surface area (Å²) in [5.41, 5.74) is 0. The van der Waals surface area contributed by atoms with Gasteiger partial charge in [0.25, 0.3) is 0 Å². The molecule has 1 fully saturated rings. The van der Waals surface area contributed by atoms with Gasteiger partial charge in [-0.1, -0.05) is 19.8 Å². The van der Waals surface area contributed by atoms with E-state index in [1.165, 1.54) is 41.5 Å². The zero-order valence-electron chi connectivity index (χ0n) is 9.84. The second-order valence-corrected chi connectivity index (χ2v) is 6.50. The number of hydrogen-bond acceptors (Lipinski definition) is 2. The van der Waals surface area contributed by atoms with Gasteiger partial charge in [0.15, 0.2) is 0 Å². The monoisotopic (exact) mass is 301 g/mol. The van der Waals surface area contributed by atoms with E-state index in [0.717, 1.165) is 12.5 Å². The van der Waals surface area contributed by atoms with Crippen LogP contribution in [0.4, 0.5) is 0 Å². The van der Waals surface area contributed by atoms with Gasteiger partial charge in [-0.2, -0.15) is 0 Å². The highest BCUT2D eigenvalue weighted by Crippen LogP contribution is 2.38. The third kappa shape index (κ3) is 3.08. The first kappa shape index (κ1) is 12.6. The van der Waals surface area contributed by atoms with Gasteiger partial charge in [0.05, 0.1) is 0 Å². The molecule has 1 aromatic heterocycles. The highest BCUT2D eigenvalue weighted by molar-refractivity contribution is 9.10. The smallest absolute Gasteiger partial charge is 0.0443 e. The fraction of sp³-hybridized carbons (Fsp3) is 0.692. The molecular weight excluding hydrogens is 282 g/mol. The van der Waals surface area contributed by atoms with Crippen molar-refractivity contribution >= 4 is 27.3 Å². The lowest BCUT2D eigenvalue weighted by Gasteiger charge is -2.23. The highest BCUT2D eigenvalue weighted by Gasteiger charge is 2.26. The van der Waals surface area contributed by atoms with Crippen molar-refractivity contribution in [3.8, 4) is 0 Å². The molecule has 16 heavy (non-hydrogen) atoms. The maximum absolute atomic E-state index is 3.73. The Balaban J connectivity index is 2.06. The standard InChI is InChI=1S/C13H20BrNS/c1-2-7-15-13(10-5-3-4-6-10)12-8-11(14)9-16-12/h8-10,13,15H,2-7H2,1H3. The van der Waals surface area contributed by atoms with Crippen LogP contribution in [0.25, 0.3) is 0 Å². The van der Waals surface area contributed by atoms with Crippen molar-refractivity contribution in [3.05, 3.63) is 20.8 Å². The lowest BCUT2D eigenvalue weighted by atomic mass is 9.96. The molecule has 2 rings (SSSR count). The van der Waals surface area contributed by atoms with Gasteiger partial charge in [-0.3, -0.25) is 0 Å².